The number of sulfone groups is 1. The summed E-state index contributed by atoms with van der Waals surface area (Å²) < 4.78 is 28.4. The molecule has 2 rings (SSSR count). The average Bonchev–Trinajstić information content (AvgIpc) is 2.84. The highest BCUT2D eigenvalue weighted by Crippen LogP contribution is 2.20. The fourth-order valence-corrected chi connectivity index (χ4v) is 2.75. The maximum absolute atomic E-state index is 11.4. The second-order valence-electron chi connectivity index (χ2n) is 5.26. The van der Waals surface area contributed by atoms with Crippen LogP contribution in [0.4, 0.5) is 0 Å². The first-order chi connectivity index (χ1) is 9.77. The minimum Gasteiger partial charge on any atom is -0.444 e. The van der Waals surface area contributed by atoms with E-state index in [9.17, 15) is 8.42 Å². The van der Waals surface area contributed by atoms with Gasteiger partial charge in [0, 0.05) is 12.3 Å². The van der Waals surface area contributed by atoms with Gasteiger partial charge in [-0.2, -0.15) is 0 Å². The van der Waals surface area contributed by atoms with E-state index < -0.39 is 9.84 Å². The molecule has 0 aliphatic rings. The predicted octanol–water partition coefficient (Wildman–Crippen LogP) is 2.80. The second kappa shape index (κ2) is 5.99. The van der Waals surface area contributed by atoms with Crippen molar-refractivity contribution in [2.24, 2.45) is 0 Å². The highest BCUT2D eigenvalue weighted by Gasteiger charge is 2.15. The van der Waals surface area contributed by atoms with Crippen molar-refractivity contribution in [1.82, 2.24) is 10.3 Å². The monoisotopic (exact) mass is 308 g/mol. The van der Waals surface area contributed by atoms with Gasteiger partial charge < -0.3 is 4.42 Å². The summed E-state index contributed by atoms with van der Waals surface area (Å²) in [5.41, 5.74) is 1.01. The molecule has 0 saturated heterocycles. The first kappa shape index (κ1) is 15.7. The molecule has 6 heteroatoms. The van der Waals surface area contributed by atoms with Crippen LogP contribution >= 0.6 is 0 Å². The van der Waals surface area contributed by atoms with E-state index >= 15 is 0 Å². The molecule has 2 aromatic rings. The van der Waals surface area contributed by atoms with E-state index in [2.05, 4.69) is 10.3 Å². The zero-order valence-corrected chi connectivity index (χ0v) is 13.4. The first-order valence-corrected chi connectivity index (χ1v) is 8.65. The average molecular weight is 308 g/mol. The molecule has 1 aromatic carbocycles. The van der Waals surface area contributed by atoms with Gasteiger partial charge in [0.15, 0.2) is 9.84 Å². The smallest absolute Gasteiger partial charge is 0.211 e. The van der Waals surface area contributed by atoms with E-state index in [4.69, 9.17) is 4.42 Å². The van der Waals surface area contributed by atoms with Crippen LogP contribution in [0.2, 0.25) is 0 Å². The molecular formula is C15H20N2O3S. The van der Waals surface area contributed by atoms with Gasteiger partial charge in [0.1, 0.15) is 5.76 Å². The molecule has 0 aliphatic carbocycles. The van der Waals surface area contributed by atoms with Gasteiger partial charge in [-0.3, -0.25) is 5.32 Å². The van der Waals surface area contributed by atoms with Crippen LogP contribution in [-0.2, 0) is 9.84 Å². The minimum absolute atomic E-state index is 0.0247. The molecule has 2 atom stereocenters. The molecule has 0 spiro atoms. The quantitative estimate of drug-likeness (QED) is 0.919. The number of hydrogen-bond acceptors (Lipinski definition) is 5. The number of hydrogen-bond donors (Lipinski definition) is 1. The van der Waals surface area contributed by atoms with Gasteiger partial charge >= 0.3 is 0 Å². The lowest BCUT2D eigenvalue weighted by Crippen LogP contribution is -2.22. The van der Waals surface area contributed by atoms with Crippen molar-refractivity contribution in [2.75, 3.05) is 6.26 Å². The summed E-state index contributed by atoms with van der Waals surface area (Å²) in [4.78, 5) is 4.53. The molecule has 0 fully saturated rings. The Bertz CT molecular complexity index is 705. The van der Waals surface area contributed by atoms with Crippen molar-refractivity contribution in [1.29, 1.82) is 0 Å². The van der Waals surface area contributed by atoms with Crippen molar-refractivity contribution in [2.45, 2.75) is 37.8 Å². The molecule has 21 heavy (non-hydrogen) atoms. The van der Waals surface area contributed by atoms with Gasteiger partial charge in [-0.05, 0) is 38.5 Å². The maximum Gasteiger partial charge on any atom is 0.211 e. The topological polar surface area (TPSA) is 72.2 Å². The Kier molecular flexibility index (Phi) is 4.49. The molecular weight excluding hydrogens is 288 g/mol. The van der Waals surface area contributed by atoms with E-state index in [0.29, 0.717) is 10.8 Å². The van der Waals surface area contributed by atoms with Gasteiger partial charge in [-0.15, -0.1) is 0 Å². The Morgan fingerprint density at radius 3 is 2.24 bits per heavy atom. The third kappa shape index (κ3) is 3.92. The number of aryl methyl sites for hydroxylation is 1. The van der Waals surface area contributed by atoms with Gasteiger partial charge in [0.05, 0.1) is 17.1 Å². The van der Waals surface area contributed by atoms with Crippen molar-refractivity contribution >= 4 is 9.84 Å². The zero-order valence-electron chi connectivity index (χ0n) is 12.6. The molecule has 114 valence electrons. The molecule has 0 radical (unpaired) electrons. The Labute approximate surface area is 125 Å². The normalized spacial score (nSPS) is 14.9. The molecule has 1 aromatic heterocycles. The molecule has 0 aliphatic heterocycles. The lowest BCUT2D eigenvalue weighted by molar-refractivity contribution is 0.380. The van der Waals surface area contributed by atoms with Gasteiger partial charge in [-0.25, -0.2) is 13.4 Å². The maximum atomic E-state index is 11.4. The summed E-state index contributed by atoms with van der Waals surface area (Å²) in [5, 5.41) is 3.38. The molecule has 2 unspecified atom stereocenters. The highest BCUT2D eigenvalue weighted by molar-refractivity contribution is 7.90. The highest BCUT2D eigenvalue weighted by atomic mass is 32.2. The standard InChI is InChI=1S/C15H20N2O3S/c1-10-9-16-15(20-10)12(3)17-11(2)13-5-7-14(8-6-13)21(4,18)19/h5-9,11-12,17H,1-4H3. The van der Waals surface area contributed by atoms with Crippen LogP contribution < -0.4 is 5.32 Å². The number of benzene rings is 1. The fraction of sp³-hybridized carbons (Fsp3) is 0.400. The summed E-state index contributed by atoms with van der Waals surface area (Å²) in [7, 11) is -3.15. The Morgan fingerprint density at radius 2 is 1.76 bits per heavy atom. The van der Waals surface area contributed by atoms with Crippen LogP contribution in [0.25, 0.3) is 0 Å². The Morgan fingerprint density at radius 1 is 1.14 bits per heavy atom. The van der Waals surface area contributed by atoms with Crippen molar-refractivity contribution < 1.29 is 12.8 Å². The van der Waals surface area contributed by atoms with Gasteiger partial charge in [0.2, 0.25) is 5.89 Å². The summed E-state index contributed by atoms with van der Waals surface area (Å²) in [6, 6.07) is 6.93. The van der Waals surface area contributed by atoms with Crippen LogP contribution in [0, 0.1) is 6.92 Å². The molecule has 0 amide bonds. The fourth-order valence-electron chi connectivity index (χ4n) is 2.12. The third-order valence-electron chi connectivity index (χ3n) is 3.32. The van der Waals surface area contributed by atoms with E-state index in [1.807, 2.05) is 32.9 Å². The summed E-state index contributed by atoms with van der Waals surface area (Å²) in [6.07, 6.45) is 2.90. The minimum atomic E-state index is -3.15. The van der Waals surface area contributed by atoms with Crippen molar-refractivity contribution in [3.8, 4) is 0 Å². The van der Waals surface area contributed by atoms with Crippen molar-refractivity contribution in [3.05, 3.63) is 47.7 Å². The third-order valence-corrected chi connectivity index (χ3v) is 4.45. The van der Waals surface area contributed by atoms with Gasteiger partial charge in [-0.1, -0.05) is 12.1 Å². The number of rotatable bonds is 5. The number of nitrogens with zero attached hydrogens (tertiary/aromatic N) is 1. The predicted molar refractivity (Wildman–Crippen MR) is 80.8 cm³/mol. The lowest BCUT2D eigenvalue weighted by Gasteiger charge is -2.18. The van der Waals surface area contributed by atoms with Crippen LogP contribution in [0.1, 0.15) is 43.1 Å². The Hall–Kier alpha value is -1.66. The van der Waals surface area contributed by atoms with Crippen LogP contribution in [-0.4, -0.2) is 19.7 Å². The van der Waals surface area contributed by atoms with Crippen LogP contribution in [0.5, 0.6) is 0 Å². The zero-order chi connectivity index (χ0) is 15.6. The second-order valence-corrected chi connectivity index (χ2v) is 7.28. The molecule has 1 N–H and O–H groups in total. The molecule has 0 bridgehead atoms. The SMILES string of the molecule is Cc1cnc(C(C)NC(C)c2ccc(S(C)(=O)=O)cc2)o1. The van der Waals surface area contributed by atoms with Crippen LogP contribution in [0.3, 0.4) is 0 Å². The lowest BCUT2D eigenvalue weighted by atomic mass is 10.1. The number of oxazole rings is 1. The van der Waals surface area contributed by atoms with E-state index in [1.54, 1.807) is 18.3 Å². The molecule has 5 nitrogen and oxygen atoms in total. The van der Waals surface area contributed by atoms with Gasteiger partial charge in [0.25, 0.3) is 0 Å². The van der Waals surface area contributed by atoms with E-state index in [-0.39, 0.29) is 12.1 Å². The summed E-state index contributed by atoms with van der Waals surface area (Å²) in [5.74, 6) is 1.43. The largest absolute Gasteiger partial charge is 0.444 e. The Balaban J connectivity index is 2.08. The van der Waals surface area contributed by atoms with E-state index in [1.165, 1.54) is 6.26 Å². The summed E-state index contributed by atoms with van der Waals surface area (Å²) >= 11 is 0. The number of nitrogens with one attached hydrogen (secondary N) is 1. The van der Waals surface area contributed by atoms with Crippen LogP contribution in [0.15, 0.2) is 39.8 Å². The first-order valence-electron chi connectivity index (χ1n) is 6.76. The molecule has 0 saturated carbocycles. The molecule has 1 heterocycles. The van der Waals surface area contributed by atoms with E-state index in [0.717, 1.165) is 11.3 Å². The number of aromatic nitrogens is 1. The summed E-state index contributed by atoms with van der Waals surface area (Å²) in [6.45, 7) is 5.85. The van der Waals surface area contributed by atoms with Crippen molar-refractivity contribution in [3.63, 3.8) is 0 Å².